The summed E-state index contributed by atoms with van der Waals surface area (Å²) < 4.78 is 26.0. The fourth-order valence-corrected chi connectivity index (χ4v) is 4.06. The van der Waals surface area contributed by atoms with Crippen molar-refractivity contribution in [1.29, 1.82) is 0 Å². The number of fused-ring (bicyclic) bond motifs is 1. The molecule has 0 radical (unpaired) electrons. The second-order valence-corrected chi connectivity index (χ2v) is 7.23. The molecule has 1 amide bonds. The average molecular weight is 280 g/mol. The Morgan fingerprint density at radius 1 is 1.32 bits per heavy atom. The molecule has 1 heterocycles. The largest absolute Gasteiger partial charge is 0.274 e. The van der Waals surface area contributed by atoms with Crippen molar-refractivity contribution in [3.63, 3.8) is 0 Å². The van der Waals surface area contributed by atoms with Crippen LogP contribution in [0.5, 0.6) is 0 Å². The Kier molecular flexibility index (Phi) is 3.05. The lowest BCUT2D eigenvalue weighted by molar-refractivity contribution is -0.123. The third-order valence-electron chi connectivity index (χ3n) is 3.95. The molecule has 0 bridgehead atoms. The summed E-state index contributed by atoms with van der Waals surface area (Å²) in [7, 11) is -3.61. The van der Waals surface area contributed by atoms with Gasteiger partial charge in [-0.2, -0.15) is 0 Å². The number of amides is 1. The second kappa shape index (κ2) is 4.59. The first-order valence-electron chi connectivity index (χ1n) is 6.47. The van der Waals surface area contributed by atoms with Gasteiger partial charge in [0.15, 0.2) is 0 Å². The molecular weight excluding hydrogens is 264 g/mol. The first-order valence-corrected chi connectivity index (χ1v) is 8.12. The minimum absolute atomic E-state index is 0.118. The molecule has 0 saturated heterocycles. The van der Waals surface area contributed by atoms with Crippen molar-refractivity contribution in [2.75, 3.05) is 0 Å². The summed E-state index contributed by atoms with van der Waals surface area (Å²) in [5.74, 6) is 0.670. The SMILES string of the molecule is O=C(NS(=O)(=O)Cc1cccnc1)C1C[C@@H]2C[C@@H]2C1. The van der Waals surface area contributed by atoms with E-state index in [1.54, 1.807) is 18.3 Å². The molecule has 2 saturated carbocycles. The number of hydrogen-bond acceptors (Lipinski definition) is 4. The fourth-order valence-electron chi connectivity index (χ4n) is 2.90. The molecule has 1 N–H and O–H groups in total. The number of hydrogen-bond donors (Lipinski definition) is 1. The van der Waals surface area contributed by atoms with Crippen LogP contribution in [0.1, 0.15) is 24.8 Å². The molecular formula is C13H16N2O3S. The Morgan fingerprint density at radius 3 is 2.68 bits per heavy atom. The van der Waals surface area contributed by atoms with Crippen LogP contribution in [0.4, 0.5) is 0 Å². The van der Waals surface area contributed by atoms with Crippen LogP contribution in [0.3, 0.4) is 0 Å². The Bertz CT molecular complexity index is 575. The van der Waals surface area contributed by atoms with Gasteiger partial charge >= 0.3 is 0 Å². The molecule has 0 spiro atoms. The molecule has 1 aromatic rings. The quantitative estimate of drug-likeness (QED) is 0.895. The van der Waals surface area contributed by atoms with E-state index in [0.717, 1.165) is 12.8 Å². The smallest absolute Gasteiger partial charge is 0.239 e. The van der Waals surface area contributed by atoms with E-state index in [0.29, 0.717) is 17.4 Å². The fraction of sp³-hybridized carbons (Fsp3) is 0.538. The Hall–Kier alpha value is -1.43. The van der Waals surface area contributed by atoms with E-state index >= 15 is 0 Å². The topological polar surface area (TPSA) is 76.1 Å². The highest BCUT2D eigenvalue weighted by molar-refractivity contribution is 7.89. The average Bonchev–Trinajstić information content (AvgIpc) is 2.96. The summed E-state index contributed by atoms with van der Waals surface area (Å²) in [6, 6.07) is 3.36. The summed E-state index contributed by atoms with van der Waals surface area (Å²) in [5, 5.41) is 0. The van der Waals surface area contributed by atoms with Gasteiger partial charge in [0.25, 0.3) is 0 Å². The van der Waals surface area contributed by atoms with Gasteiger partial charge in [-0.1, -0.05) is 6.07 Å². The molecule has 2 aliphatic rings. The summed E-state index contributed by atoms with van der Waals surface area (Å²) in [6.45, 7) is 0. The van der Waals surface area contributed by atoms with E-state index < -0.39 is 10.0 Å². The van der Waals surface area contributed by atoms with Crippen molar-refractivity contribution in [1.82, 2.24) is 9.71 Å². The monoisotopic (exact) mass is 280 g/mol. The highest BCUT2D eigenvalue weighted by atomic mass is 32.2. The maximum atomic E-state index is 11.9. The lowest BCUT2D eigenvalue weighted by Crippen LogP contribution is -2.36. The third kappa shape index (κ3) is 2.94. The number of nitrogens with one attached hydrogen (secondary N) is 1. The number of sulfonamides is 1. The van der Waals surface area contributed by atoms with E-state index in [4.69, 9.17) is 0 Å². The van der Waals surface area contributed by atoms with E-state index in [9.17, 15) is 13.2 Å². The van der Waals surface area contributed by atoms with E-state index in [1.165, 1.54) is 12.6 Å². The van der Waals surface area contributed by atoms with E-state index in [-0.39, 0.29) is 17.6 Å². The molecule has 3 rings (SSSR count). The van der Waals surface area contributed by atoms with Crippen LogP contribution < -0.4 is 4.72 Å². The van der Waals surface area contributed by atoms with Crippen LogP contribution in [0.2, 0.25) is 0 Å². The predicted molar refractivity (Wildman–Crippen MR) is 69.3 cm³/mol. The van der Waals surface area contributed by atoms with Crippen molar-refractivity contribution in [3.8, 4) is 0 Å². The highest BCUT2D eigenvalue weighted by Crippen LogP contribution is 2.54. The number of nitrogens with zero attached hydrogens (tertiary/aromatic N) is 1. The highest BCUT2D eigenvalue weighted by Gasteiger charge is 2.48. The van der Waals surface area contributed by atoms with Crippen LogP contribution in [-0.4, -0.2) is 19.3 Å². The van der Waals surface area contributed by atoms with Crippen LogP contribution in [0.25, 0.3) is 0 Å². The summed E-state index contributed by atoms with van der Waals surface area (Å²) in [4.78, 5) is 15.8. The number of pyridine rings is 1. The number of carbonyl (C=O) groups excluding carboxylic acids is 1. The van der Waals surface area contributed by atoms with Gasteiger partial charge in [0, 0.05) is 18.3 Å². The second-order valence-electron chi connectivity index (χ2n) is 5.51. The standard InChI is InChI=1S/C13H16N2O3S/c16-13(12-5-10-4-11(10)6-12)15-19(17,18)8-9-2-1-3-14-7-9/h1-3,7,10-12H,4-6,8H2,(H,15,16)/t10-,11+,12?. The van der Waals surface area contributed by atoms with E-state index in [2.05, 4.69) is 9.71 Å². The van der Waals surface area contributed by atoms with E-state index in [1.807, 2.05) is 0 Å². The van der Waals surface area contributed by atoms with Crippen molar-refractivity contribution in [2.45, 2.75) is 25.0 Å². The number of carbonyl (C=O) groups is 1. The third-order valence-corrected chi connectivity index (χ3v) is 5.18. The zero-order valence-corrected chi connectivity index (χ0v) is 11.3. The zero-order valence-electron chi connectivity index (χ0n) is 10.5. The van der Waals surface area contributed by atoms with Crippen molar-refractivity contribution in [3.05, 3.63) is 30.1 Å². The van der Waals surface area contributed by atoms with Crippen molar-refractivity contribution >= 4 is 15.9 Å². The number of rotatable bonds is 4. The molecule has 0 aromatic carbocycles. The first kappa shape index (κ1) is 12.6. The predicted octanol–water partition coefficient (Wildman–Crippen LogP) is 1.07. The molecule has 0 aliphatic heterocycles. The van der Waals surface area contributed by atoms with Gasteiger partial charge in [-0.3, -0.25) is 14.5 Å². The lowest BCUT2D eigenvalue weighted by atomic mass is 10.0. The molecule has 19 heavy (non-hydrogen) atoms. The van der Waals surface area contributed by atoms with Gasteiger partial charge in [0.2, 0.25) is 15.9 Å². The summed E-state index contributed by atoms with van der Waals surface area (Å²) >= 11 is 0. The Labute approximate surface area is 112 Å². The molecule has 3 atom stereocenters. The zero-order chi connectivity index (χ0) is 13.5. The molecule has 2 fully saturated rings. The van der Waals surface area contributed by atoms with Crippen LogP contribution >= 0.6 is 0 Å². The molecule has 102 valence electrons. The molecule has 6 heteroatoms. The Morgan fingerprint density at radius 2 is 2.05 bits per heavy atom. The molecule has 2 aliphatic carbocycles. The van der Waals surface area contributed by atoms with Crippen LogP contribution in [0.15, 0.2) is 24.5 Å². The normalized spacial score (nSPS) is 28.7. The first-order chi connectivity index (χ1) is 9.03. The van der Waals surface area contributed by atoms with Gasteiger partial charge in [0.1, 0.15) is 0 Å². The Balaban J connectivity index is 1.60. The lowest BCUT2D eigenvalue weighted by Gasteiger charge is -2.12. The van der Waals surface area contributed by atoms with Crippen molar-refractivity contribution < 1.29 is 13.2 Å². The maximum Gasteiger partial charge on any atom is 0.239 e. The van der Waals surface area contributed by atoms with Gasteiger partial charge in [-0.25, -0.2) is 8.42 Å². The molecule has 1 unspecified atom stereocenters. The maximum absolute atomic E-state index is 11.9. The summed E-state index contributed by atoms with van der Waals surface area (Å²) in [6.07, 6.45) is 5.98. The van der Waals surface area contributed by atoms with Crippen molar-refractivity contribution in [2.24, 2.45) is 17.8 Å². The minimum Gasteiger partial charge on any atom is -0.274 e. The van der Waals surface area contributed by atoms with Gasteiger partial charge in [-0.15, -0.1) is 0 Å². The van der Waals surface area contributed by atoms with Gasteiger partial charge in [0.05, 0.1) is 5.75 Å². The summed E-state index contributed by atoms with van der Waals surface area (Å²) in [5.41, 5.74) is 0.581. The molecule has 1 aromatic heterocycles. The van der Waals surface area contributed by atoms with Crippen LogP contribution in [0, 0.1) is 17.8 Å². The molecule has 5 nitrogen and oxygen atoms in total. The van der Waals surface area contributed by atoms with Gasteiger partial charge in [-0.05, 0) is 42.7 Å². The van der Waals surface area contributed by atoms with Gasteiger partial charge < -0.3 is 0 Å². The van der Waals surface area contributed by atoms with Crippen LogP contribution in [-0.2, 0) is 20.6 Å². The minimum atomic E-state index is -3.61. The number of aromatic nitrogens is 1.